The van der Waals surface area contributed by atoms with Crippen molar-refractivity contribution in [3.63, 3.8) is 0 Å². The average molecular weight is 223 g/mol. The van der Waals surface area contributed by atoms with Gasteiger partial charge in [0.1, 0.15) is 5.69 Å². The standard InChI is InChI=1S/C11H17N3O2/c1-2-9(7-15)14-11(16)10-4-3-8(5-12)6-13-10/h3-4,6,9,15H,2,5,7,12H2,1H3,(H,14,16)/t9-/m1/s1. The van der Waals surface area contributed by atoms with Crippen LogP contribution in [0.15, 0.2) is 18.3 Å². The van der Waals surface area contributed by atoms with Crippen molar-refractivity contribution < 1.29 is 9.90 Å². The normalized spacial score (nSPS) is 12.2. The number of aromatic nitrogens is 1. The molecule has 5 nitrogen and oxygen atoms in total. The highest BCUT2D eigenvalue weighted by molar-refractivity contribution is 5.92. The van der Waals surface area contributed by atoms with E-state index in [1.165, 1.54) is 0 Å². The van der Waals surface area contributed by atoms with E-state index in [0.29, 0.717) is 18.7 Å². The molecule has 88 valence electrons. The summed E-state index contributed by atoms with van der Waals surface area (Å²) in [6.45, 7) is 2.23. The largest absolute Gasteiger partial charge is 0.394 e. The van der Waals surface area contributed by atoms with Crippen LogP contribution in [-0.4, -0.2) is 28.6 Å². The summed E-state index contributed by atoms with van der Waals surface area (Å²) in [5.74, 6) is -0.274. The lowest BCUT2D eigenvalue weighted by molar-refractivity contribution is 0.0910. The quantitative estimate of drug-likeness (QED) is 0.657. The smallest absolute Gasteiger partial charge is 0.270 e. The first-order chi connectivity index (χ1) is 7.71. The number of nitrogens with one attached hydrogen (secondary N) is 1. The predicted octanol–water partition coefficient (Wildman–Crippen LogP) is 0.0410. The Morgan fingerprint density at radius 1 is 1.62 bits per heavy atom. The molecule has 1 aromatic rings. The van der Waals surface area contributed by atoms with E-state index in [-0.39, 0.29) is 18.6 Å². The molecule has 0 radical (unpaired) electrons. The zero-order valence-electron chi connectivity index (χ0n) is 9.31. The maximum Gasteiger partial charge on any atom is 0.270 e. The second-order valence-electron chi connectivity index (χ2n) is 3.52. The summed E-state index contributed by atoms with van der Waals surface area (Å²) in [5, 5.41) is 11.6. The first-order valence-electron chi connectivity index (χ1n) is 5.28. The summed E-state index contributed by atoms with van der Waals surface area (Å²) in [7, 11) is 0. The van der Waals surface area contributed by atoms with Crippen LogP contribution < -0.4 is 11.1 Å². The number of nitrogens with zero attached hydrogens (tertiary/aromatic N) is 1. The van der Waals surface area contributed by atoms with Gasteiger partial charge in [-0.25, -0.2) is 0 Å². The Bertz CT molecular complexity index is 334. The second kappa shape index (κ2) is 6.19. The fourth-order valence-electron chi connectivity index (χ4n) is 1.22. The van der Waals surface area contributed by atoms with Gasteiger partial charge in [-0.05, 0) is 18.1 Å². The van der Waals surface area contributed by atoms with E-state index in [9.17, 15) is 4.79 Å². The fraction of sp³-hybridized carbons (Fsp3) is 0.455. The Morgan fingerprint density at radius 2 is 2.38 bits per heavy atom. The third-order valence-corrected chi connectivity index (χ3v) is 2.34. The van der Waals surface area contributed by atoms with E-state index >= 15 is 0 Å². The van der Waals surface area contributed by atoms with Crippen molar-refractivity contribution in [1.29, 1.82) is 0 Å². The number of aliphatic hydroxyl groups excluding tert-OH is 1. The molecule has 1 atom stereocenters. The lowest BCUT2D eigenvalue weighted by atomic mass is 10.2. The van der Waals surface area contributed by atoms with Crippen molar-refractivity contribution in [2.24, 2.45) is 5.73 Å². The van der Waals surface area contributed by atoms with E-state index in [1.807, 2.05) is 6.92 Å². The van der Waals surface area contributed by atoms with Crippen LogP contribution in [0.2, 0.25) is 0 Å². The first kappa shape index (κ1) is 12.6. The zero-order chi connectivity index (χ0) is 12.0. The van der Waals surface area contributed by atoms with Gasteiger partial charge < -0.3 is 16.2 Å². The van der Waals surface area contributed by atoms with E-state index in [0.717, 1.165) is 5.56 Å². The van der Waals surface area contributed by atoms with E-state index in [1.54, 1.807) is 18.3 Å². The number of aliphatic hydroxyl groups is 1. The highest BCUT2D eigenvalue weighted by Gasteiger charge is 2.11. The Morgan fingerprint density at radius 3 is 2.81 bits per heavy atom. The fourth-order valence-corrected chi connectivity index (χ4v) is 1.22. The number of carbonyl (C=O) groups is 1. The molecular formula is C11H17N3O2. The zero-order valence-corrected chi connectivity index (χ0v) is 9.31. The number of nitrogens with two attached hydrogens (primary N) is 1. The Kier molecular flexibility index (Phi) is 4.88. The van der Waals surface area contributed by atoms with Crippen molar-refractivity contribution in [2.75, 3.05) is 6.61 Å². The van der Waals surface area contributed by atoms with Crippen LogP contribution in [-0.2, 0) is 6.54 Å². The molecule has 1 amide bonds. The monoisotopic (exact) mass is 223 g/mol. The van der Waals surface area contributed by atoms with E-state index < -0.39 is 0 Å². The van der Waals surface area contributed by atoms with E-state index in [4.69, 9.17) is 10.8 Å². The topological polar surface area (TPSA) is 88.2 Å². The van der Waals surface area contributed by atoms with Crippen LogP contribution in [0.5, 0.6) is 0 Å². The van der Waals surface area contributed by atoms with Crippen molar-refractivity contribution >= 4 is 5.91 Å². The van der Waals surface area contributed by atoms with Crippen LogP contribution in [0.1, 0.15) is 29.4 Å². The molecule has 0 aliphatic heterocycles. The van der Waals surface area contributed by atoms with Gasteiger partial charge in [0.05, 0.1) is 12.6 Å². The number of hydrogen-bond donors (Lipinski definition) is 3. The number of pyridine rings is 1. The molecule has 1 rings (SSSR count). The summed E-state index contributed by atoms with van der Waals surface area (Å²) in [6.07, 6.45) is 2.26. The highest BCUT2D eigenvalue weighted by atomic mass is 16.3. The maximum atomic E-state index is 11.7. The number of hydrogen-bond acceptors (Lipinski definition) is 4. The lowest BCUT2D eigenvalue weighted by Gasteiger charge is -2.13. The lowest BCUT2D eigenvalue weighted by Crippen LogP contribution is -2.37. The van der Waals surface area contributed by atoms with Gasteiger partial charge in [0, 0.05) is 12.7 Å². The van der Waals surface area contributed by atoms with Crippen molar-refractivity contribution in [1.82, 2.24) is 10.3 Å². The average Bonchev–Trinajstić information content (AvgIpc) is 2.35. The Balaban J connectivity index is 2.65. The van der Waals surface area contributed by atoms with Crippen molar-refractivity contribution in [3.8, 4) is 0 Å². The molecule has 0 aromatic carbocycles. The molecule has 0 unspecified atom stereocenters. The number of amides is 1. The molecule has 0 saturated carbocycles. The summed E-state index contributed by atoms with van der Waals surface area (Å²) in [6, 6.07) is 3.17. The molecule has 0 saturated heterocycles. The van der Waals surface area contributed by atoms with Gasteiger partial charge >= 0.3 is 0 Å². The minimum Gasteiger partial charge on any atom is -0.394 e. The number of rotatable bonds is 5. The molecule has 0 bridgehead atoms. The summed E-state index contributed by atoms with van der Waals surface area (Å²) >= 11 is 0. The van der Waals surface area contributed by atoms with E-state index in [2.05, 4.69) is 10.3 Å². The summed E-state index contributed by atoms with van der Waals surface area (Å²) in [5.41, 5.74) is 6.64. The van der Waals surface area contributed by atoms with Gasteiger partial charge in [0.25, 0.3) is 5.91 Å². The van der Waals surface area contributed by atoms with Gasteiger partial charge in [0.2, 0.25) is 0 Å². The molecule has 0 aliphatic carbocycles. The van der Waals surface area contributed by atoms with Crippen LogP contribution in [0.3, 0.4) is 0 Å². The molecule has 0 spiro atoms. The minimum absolute atomic E-state index is 0.0663. The molecule has 0 fully saturated rings. The summed E-state index contributed by atoms with van der Waals surface area (Å²) in [4.78, 5) is 15.7. The SMILES string of the molecule is CC[C@H](CO)NC(=O)c1ccc(CN)cn1. The molecule has 1 aromatic heterocycles. The molecule has 1 heterocycles. The van der Waals surface area contributed by atoms with Crippen LogP contribution >= 0.6 is 0 Å². The van der Waals surface area contributed by atoms with Crippen LogP contribution in [0, 0.1) is 0 Å². The van der Waals surface area contributed by atoms with Crippen molar-refractivity contribution in [3.05, 3.63) is 29.6 Å². The molecule has 4 N–H and O–H groups in total. The van der Waals surface area contributed by atoms with Gasteiger partial charge in [0.15, 0.2) is 0 Å². The van der Waals surface area contributed by atoms with Crippen LogP contribution in [0.4, 0.5) is 0 Å². The minimum atomic E-state index is -0.274. The van der Waals surface area contributed by atoms with Gasteiger partial charge in [-0.2, -0.15) is 0 Å². The first-order valence-corrected chi connectivity index (χ1v) is 5.28. The Hall–Kier alpha value is -1.46. The molecule has 0 aliphatic rings. The number of carbonyl (C=O) groups excluding carboxylic acids is 1. The highest BCUT2D eigenvalue weighted by Crippen LogP contribution is 2.00. The van der Waals surface area contributed by atoms with Gasteiger partial charge in [-0.15, -0.1) is 0 Å². The third kappa shape index (κ3) is 3.29. The summed E-state index contributed by atoms with van der Waals surface area (Å²) < 4.78 is 0. The second-order valence-corrected chi connectivity index (χ2v) is 3.52. The van der Waals surface area contributed by atoms with Crippen molar-refractivity contribution in [2.45, 2.75) is 25.9 Å². The van der Waals surface area contributed by atoms with Gasteiger partial charge in [-0.3, -0.25) is 9.78 Å². The van der Waals surface area contributed by atoms with Gasteiger partial charge in [-0.1, -0.05) is 13.0 Å². The maximum absolute atomic E-state index is 11.7. The molecule has 16 heavy (non-hydrogen) atoms. The molecule has 5 heteroatoms. The predicted molar refractivity (Wildman–Crippen MR) is 60.8 cm³/mol. The molecular weight excluding hydrogens is 206 g/mol. The Labute approximate surface area is 94.7 Å². The van der Waals surface area contributed by atoms with Crippen LogP contribution in [0.25, 0.3) is 0 Å². The third-order valence-electron chi connectivity index (χ3n) is 2.34.